The summed E-state index contributed by atoms with van der Waals surface area (Å²) in [6.45, 7) is 8.17. The molecule has 0 aliphatic heterocycles. The first-order valence-electron chi connectivity index (χ1n) is 8.72. The van der Waals surface area contributed by atoms with Crippen molar-refractivity contribution in [3.63, 3.8) is 0 Å². The minimum atomic E-state index is 0.875. The molecule has 0 atom stereocenters. The van der Waals surface area contributed by atoms with Gasteiger partial charge in [0.2, 0.25) is 0 Å². The van der Waals surface area contributed by atoms with Crippen LogP contribution in [0.1, 0.15) is 23.1 Å². The molecule has 0 aliphatic rings. The summed E-state index contributed by atoms with van der Waals surface area (Å²) in [6, 6.07) is 19.4. The van der Waals surface area contributed by atoms with Crippen molar-refractivity contribution >= 4 is 28.2 Å². The fourth-order valence-electron chi connectivity index (χ4n) is 3.40. The van der Waals surface area contributed by atoms with Crippen molar-refractivity contribution in [3.8, 4) is 0 Å². The molecule has 0 saturated carbocycles. The second kappa shape index (κ2) is 7.40. The summed E-state index contributed by atoms with van der Waals surface area (Å²) in [7, 11) is 2.16. The Balaban J connectivity index is 2.28. The van der Waals surface area contributed by atoms with E-state index in [4.69, 9.17) is 0 Å². The largest absolute Gasteiger partial charge is 0.343 e. The summed E-state index contributed by atoms with van der Waals surface area (Å²) in [6.07, 6.45) is 7.21. The van der Waals surface area contributed by atoms with E-state index < -0.39 is 0 Å². The number of allylic oxidation sites excluding steroid dienone is 2. The fourth-order valence-corrected chi connectivity index (χ4v) is 3.40. The molecule has 25 heavy (non-hydrogen) atoms. The van der Waals surface area contributed by atoms with Crippen LogP contribution in [0.25, 0.3) is 16.8 Å². The zero-order valence-electron chi connectivity index (χ0n) is 15.3. The van der Waals surface area contributed by atoms with Gasteiger partial charge in [-0.15, -0.1) is 6.58 Å². The van der Waals surface area contributed by atoms with Crippen LogP contribution in [-0.2, 0) is 0 Å². The van der Waals surface area contributed by atoms with Gasteiger partial charge in [0.15, 0.2) is 0 Å². The minimum Gasteiger partial charge on any atom is -0.343 e. The summed E-state index contributed by atoms with van der Waals surface area (Å²) in [5, 5.41) is 2.55. The van der Waals surface area contributed by atoms with Crippen LogP contribution >= 0.6 is 0 Å². The van der Waals surface area contributed by atoms with Gasteiger partial charge in [0.05, 0.1) is 5.69 Å². The molecule has 0 amide bonds. The van der Waals surface area contributed by atoms with Crippen LogP contribution in [0.2, 0.25) is 0 Å². The smallest absolute Gasteiger partial charge is 0.0564 e. The van der Waals surface area contributed by atoms with E-state index in [0.29, 0.717) is 0 Å². The van der Waals surface area contributed by atoms with E-state index in [0.717, 1.165) is 6.42 Å². The predicted octanol–water partition coefficient (Wildman–Crippen LogP) is 6.81. The van der Waals surface area contributed by atoms with Crippen LogP contribution in [0.15, 0.2) is 73.3 Å². The number of benzene rings is 3. The first kappa shape index (κ1) is 17.0. The van der Waals surface area contributed by atoms with Crippen molar-refractivity contribution in [3.05, 3.63) is 90.0 Å². The Morgan fingerprint density at radius 3 is 2.44 bits per heavy atom. The third-order valence-corrected chi connectivity index (χ3v) is 4.67. The number of hydrogen-bond donors (Lipinski definition) is 0. The van der Waals surface area contributed by atoms with Crippen LogP contribution in [0.3, 0.4) is 0 Å². The zero-order chi connectivity index (χ0) is 17.8. The molecule has 0 saturated heterocycles. The molecule has 1 heteroatoms. The van der Waals surface area contributed by atoms with Crippen molar-refractivity contribution < 1.29 is 0 Å². The number of para-hydroxylation sites is 1. The Bertz CT molecular complexity index is 934. The van der Waals surface area contributed by atoms with Crippen molar-refractivity contribution in [2.45, 2.75) is 20.3 Å². The van der Waals surface area contributed by atoms with Crippen LogP contribution in [0.4, 0.5) is 11.4 Å². The second-order valence-corrected chi connectivity index (χ2v) is 6.45. The molecular weight excluding hydrogens is 302 g/mol. The van der Waals surface area contributed by atoms with Crippen molar-refractivity contribution in [2.24, 2.45) is 0 Å². The first-order valence-corrected chi connectivity index (χ1v) is 8.72. The highest BCUT2D eigenvalue weighted by atomic mass is 15.1. The molecule has 0 aliphatic carbocycles. The molecule has 126 valence electrons. The maximum absolute atomic E-state index is 3.82. The lowest BCUT2D eigenvalue weighted by Gasteiger charge is -2.26. The van der Waals surface area contributed by atoms with Gasteiger partial charge in [-0.1, -0.05) is 66.8 Å². The normalized spacial score (nSPS) is 11.2. The van der Waals surface area contributed by atoms with E-state index in [1.807, 2.05) is 6.08 Å². The van der Waals surface area contributed by atoms with Crippen LogP contribution in [0, 0.1) is 13.8 Å². The average Bonchev–Trinajstić information content (AvgIpc) is 2.62. The van der Waals surface area contributed by atoms with Gasteiger partial charge in [0, 0.05) is 23.7 Å². The molecule has 3 aromatic rings. The fraction of sp³-hybridized carbons (Fsp3) is 0.167. The lowest BCUT2D eigenvalue weighted by Crippen LogP contribution is -2.13. The maximum atomic E-state index is 3.82. The summed E-state index contributed by atoms with van der Waals surface area (Å²) in [5.74, 6) is 0. The monoisotopic (exact) mass is 327 g/mol. The molecule has 3 rings (SSSR count). The Morgan fingerprint density at radius 1 is 0.960 bits per heavy atom. The zero-order valence-corrected chi connectivity index (χ0v) is 15.3. The minimum absolute atomic E-state index is 0.875. The van der Waals surface area contributed by atoms with E-state index in [1.165, 1.54) is 38.8 Å². The number of aryl methyl sites for hydroxylation is 2. The van der Waals surface area contributed by atoms with E-state index >= 15 is 0 Å². The molecule has 0 unspecified atom stereocenters. The maximum Gasteiger partial charge on any atom is 0.0564 e. The summed E-state index contributed by atoms with van der Waals surface area (Å²) >= 11 is 0. The quantitative estimate of drug-likeness (QED) is 0.465. The Labute approximate surface area is 150 Å². The number of rotatable bonds is 5. The number of nitrogens with zero attached hydrogens (tertiary/aromatic N) is 1. The molecule has 0 radical (unpaired) electrons. The first-order chi connectivity index (χ1) is 12.1. The molecule has 3 aromatic carbocycles. The Hall–Kier alpha value is -2.80. The van der Waals surface area contributed by atoms with Gasteiger partial charge >= 0.3 is 0 Å². The van der Waals surface area contributed by atoms with E-state index in [1.54, 1.807) is 0 Å². The Kier molecular flexibility index (Phi) is 5.04. The van der Waals surface area contributed by atoms with Gasteiger partial charge in [0.25, 0.3) is 0 Å². The molecule has 0 N–H and O–H groups in total. The molecule has 0 bridgehead atoms. The van der Waals surface area contributed by atoms with Gasteiger partial charge in [-0.05, 0) is 42.8 Å². The summed E-state index contributed by atoms with van der Waals surface area (Å²) < 4.78 is 0. The van der Waals surface area contributed by atoms with Crippen LogP contribution < -0.4 is 4.90 Å². The number of hydrogen-bond acceptors (Lipinski definition) is 1. The molecule has 0 fully saturated rings. The lowest BCUT2D eigenvalue weighted by atomic mass is 9.97. The number of anilines is 2. The van der Waals surface area contributed by atoms with E-state index in [9.17, 15) is 0 Å². The molecule has 0 heterocycles. The highest BCUT2D eigenvalue weighted by Crippen LogP contribution is 2.38. The Morgan fingerprint density at radius 2 is 1.68 bits per heavy atom. The molecular formula is C24H25N. The molecule has 1 nitrogen and oxygen atoms in total. The van der Waals surface area contributed by atoms with Crippen LogP contribution in [-0.4, -0.2) is 7.05 Å². The highest BCUT2D eigenvalue weighted by molar-refractivity contribution is 6.01. The van der Waals surface area contributed by atoms with Crippen molar-refractivity contribution in [2.75, 3.05) is 11.9 Å². The summed E-state index contributed by atoms with van der Waals surface area (Å²) in [4.78, 5) is 2.32. The van der Waals surface area contributed by atoms with Gasteiger partial charge in [-0.2, -0.15) is 0 Å². The third-order valence-electron chi connectivity index (χ3n) is 4.67. The standard InChI is InChI=1S/C24H25N/c1-5-6-7-14-21-19(3)17-20-13-9-10-15-22(20)24(21)25(4)23-16-11-8-12-18(23)2/h5,7-17H,1,6H2,2-4H3/b14-7-. The second-order valence-electron chi connectivity index (χ2n) is 6.45. The highest BCUT2D eigenvalue weighted by Gasteiger charge is 2.15. The molecule has 0 aromatic heterocycles. The van der Waals surface area contributed by atoms with Gasteiger partial charge in [-0.3, -0.25) is 0 Å². The van der Waals surface area contributed by atoms with Gasteiger partial charge < -0.3 is 4.90 Å². The predicted molar refractivity (Wildman–Crippen MR) is 112 cm³/mol. The van der Waals surface area contributed by atoms with E-state index in [2.05, 4.69) is 99.1 Å². The SMILES string of the molecule is C=CC/C=C\c1c(C)cc2ccccc2c1N(C)c1ccccc1C. The van der Waals surface area contributed by atoms with Gasteiger partial charge in [-0.25, -0.2) is 0 Å². The topological polar surface area (TPSA) is 3.24 Å². The van der Waals surface area contributed by atoms with Gasteiger partial charge in [0.1, 0.15) is 0 Å². The number of fused-ring (bicyclic) bond motifs is 1. The summed E-state index contributed by atoms with van der Waals surface area (Å²) in [5.41, 5.74) is 6.32. The average molecular weight is 327 g/mol. The lowest BCUT2D eigenvalue weighted by molar-refractivity contribution is 1.18. The van der Waals surface area contributed by atoms with Crippen LogP contribution in [0.5, 0.6) is 0 Å². The van der Waals surface area contributed by atoms with E-state index in [-0.39, 0.29) is 0 Å². The van der Waals surface area contributed by atoms with Crippen molar-refractivity contribution in [1.82, 2.24) is 0 Å². The molecule has 0 spiro atoms. The van der Waals surface area contributed by atoms with Crippen molar-refractivity contribution in [1.29, 1.82) is 0 Å². The third kappa shape index (κ3) is 3.36.